The minimum Gasteiger partial charge on any atom is -0.495 e. The number of carbonyl (C=O) groups is 2. The summed E-state index contributed by atoms with van der Waals surface area (Å²) in [4.78, 5) is 42.9. The summed E-state index contributed by atoms with van der Waals surface area (Å²) in [5.41, 5.74) is 0.680. The first-order valence-corrected chi connectivity index (χ1v) is 10.9. The van der Waals surface area contributed by atoms with Gasteiger partial charge < -0.3 is 14.8 Å². The Labute approximate surface area is 183 Å². The van der Waals surface area contributed by atoms with Gasteiger partial charge >= 0.3 is 5.97 Å². The first kappa shape index (κ1) is 22.5. The van der Waals surface area contributed by atoms with Crippen LogP contribution in [0.2, 0.25) is 0 Å². The number of para-hydroxylation sites is 2. The van der Waals surface area contributed by atoms with Gasteiger partial charge in [0.25, 0.3) is 11.5 Å². The number of hydrogen-bond acceptors (Lipinski definition) is 7. The van der Waals surface area contributed by atoms with Crippen molar-refractivity contribution < 1.29 is 19.1 Å². The zero-order valence-electron chi connectivity index (χ0n) is 17.8. The minimum absolute atomic E-state index is 0.216. The van der Waals surface area contributed by atoms with Crippen LogP contribution in [0.1, 0.15) is 41.4 Å². The van der Waals surface area contributed by atoms with E-state index in [1.165, 1.54) is 18.0 Å². The molecule has 1 N–H and O–H groups in total. The summed E-state index contributed by atoms with van der Waals surface area (Å²) in [6.45, 7) is 3.89. The van der Waals surface area contributed by atoms with E-state index in [9.17, 15) is 14.4 Å². The Bertz CT molecular complexity index is 1150. The van der Waals surface area contributed by atoms with Crippen LogP contribution in [0.5, 0.6) is 5.75 Å². The van der Waals surface area contributed by atoms with E-state index in [4.69, 9.17) is 9.47 Å². The largest absolute Gasteiger partial charge is 0.495 e. The molecule has 0 aliphatic carbocycles. The number of fused-ring (bicyclic) bond motifs is 1. The van der Waals surface area contributed by atoms with E-state index in [-0.39, 0.29) is 18.0 Å². The molecule has 0 atom stereocenters. The lowest BCUT2D eigenvalue weighted by atomic mass is 10.2. The van der Waals surface area contributed by atoms with Gasteiger partial charge in [-0.3, -0.25) is 19.0 Å². The molecule has 0 radical (unpaired) electrons. The van der Waals surface area contributed by atoms with Crippen LogP contribution in [0.25, 0.3) is 10.2 Å². The summed E-state index contributed by atoms with van der Waals surface area (Å²) < 4.78 is 11.7. The van der Waals surface area contributed by atoms with E-state index in [1.54, 1.807) is 31.2 Å². The second-order valence-electron chi connectivity index (χ2n) is 7.00. The number of amides is 1. The van der Waals surface area contributed by atoms with E-state index in [0.717, 1.165) is 30.6 Å². The van der Waals surface area contributed by atoms with Crippen molar-refractivity contribution in [1.29, 1.82) is 0 Å². The number of rotatable bonds is 9. The summed E-state index contributed by atoms with van der Waals surface area (Å²) in [5.74, 6) is -0.305. The highest BCUT2D eigenvalue weighted by Crippen LogP contribution is 2.29. The number of nitrogens with one attached hydrogen (secondary N) is 1. The molecule has 1 aromatic carbocycles. The van der Waals surface area contributed by atoms with Gasteiger partial charge in [-0.25, -0.2) is 4.98 Å². The van der Waals surface area contributed by atoms with Crippen LogP contribution in [-0.2, 0) is 16.1 Å². The fourth-order valence-corrected chi connectivity index (χ4v) is 4.17. The quantitative estimate of drug-likeness (QED) is 0.399. The summed E-state index contributed by atoms with van der Waals surface area (Å²) in [6.07, 6.45) is 4.12. The number of methoxy groups -OCH3 is 1. The second kappa shape index (κ2) is 10.2. The highest BCUT2D eigenvalue weighted by Gasteiger charge is 2.21. The number of anilines is 1. The monoisotopic (exact) mass is 443 g/mol. The molecule has 3 rings (SSSR count). The van der Waals surface area contributed by atoms with Gasteiger partial charge in [-0.1, -0.05) is 31.9 Å². The maximum atomic E-state index is 12.9. The molecule has 0 unspecified atom stereocenters. The lowest BCUT2D eigenvalue weighted by Crippen LogP contribution is -2.26. The predicted octanol–water partition coefficient (Wildman–Crippen LogP) is 3.76. The van der Waals surface area contributed by atoms with Crippen LogP contribution in [0.15, 0.2) is 35.4 Å². The molecule has 0 bridgehead atoms. The fourth-order valence-electron chi connectivity index (χ4n) is 3.14. The molecule has 0 fully saturated rings. The smallest absolute Gasteiger partial charge is 0.326 e. The van der Waals surface area contributed by atoms with Gasteiger partial charge in [0.15, 0.2) is 0 Å². The lowest BCUT2D eigenvalue weighted by Gasteiger charge is -2.09. The first-order valence-electron chi connectivity index (χ1n) is 10.0. The van der Waals surface area contributed by atoms with E-state index >= 15 is 0 Å². The number of hydrogen-bond donors (Lipinski definition) is 1. The Morgan fingerprint density at radius 3 is 2.74 bits per heavy atom. The van der Waals surface area contributed by atoms with Crippen LogP contribution in [0.4, 0.5) is 5.69 Å². The highest BCUT2D eigenvalue weighted by molar-refractivity contribution is 7.20. The number of carbonyl (C=O) groups excluding carboxylic acids is 2. The molecule has 8 nitrogen and oxygen atoms in total. The summed E-state index contributed by atoms with van der Waals surface area (Å²) in [7, 11) is 1.52. The van der Waals surface area contributed by atoms with Crippen LogP contribution in [-0.4, -0.2) is 35.1 Å². The zero-order valence-corrected chi connectivity index (χ0v) is 18.6. The van der Waals surface area contributed by atoms with Gasteiger partial charge in [0.2, 0.25) is 0 Å². The van der Waals surface area contributed by atoms with Gasteiger partial charge in [0.1, 0.15) is 17.1 Å². The molecule has 0 spiro atoms. The number of unbranched alkanes of at least 4 members (excludes halogenated alkanes) is 2. The zero-order chi connectivity index (χ0) is 22.4. The Morgan fingerprint density at radius 1 is 1.23 bits per heavy atom. The maximum Gasteiger partial charge on any atom is 0.326 e. The third-order valence-electron chi connectivity index (χ3n) is 4.79. The number of nitrogens with zero attached hydrogens (tertiary/aromatic N) is 2. The van der Waals surface area contributed by atoms with Crippen molar-refractivity contribution >= 4 is 39.1 Å². The topological polar surface area (TPSA) is 99.5 Å². The van der Waals surface area contributed by atoms with Crippen molar-refractivity contribution in [3.8, 4) is 5.75 Å². The molecule has 2 aromatic heterocycles. The highest BCUT2D eigenvalue weighted by atomic mass is 32.1. The third-order valence-corrected chi connectivity index (χ3v) is 5.99. The molecule has 2 heterocycles. The average Bonchev–Trinajstić information content (AvgIpc) is 3.11. The van der Waals surface area contributed by atoms with E-state index in [2.05, 4.69) is 17.2 Å². The van der Waals surface area contributed by atoms with Gasteiger partial charge in [-0.2, -0.15) is 0 Å². The van der Waals surface area contributed by atoms with Crippen molar-refractivity contribution in [2.45, 2.75) is 39.7 Å². The SMILES string of the molecule is CCCCCOC(=O)Cn1cnc2sc(C(=O)Nc3ccccc3OC)c(C)c2c1=O. The van der Waals surface area contributed by atoms with E-state index in [0.29, 0.717) is 38.7 Å². The minimum atomic E-state index is -0.485. The average molecular weight is 444 g/mol. The van der Waals surface area contributed by atoms with Crippen molar-refractivity contribution in [3.05, 3.63) is 51.4 Å². The number of aromatic nitrogens is 2. The standard InChI is InChI=1S/C22H25N3O5S/c1-4-5-8-11-30-17(26)12-25-13-23-21-18(22(25)28)14(2)19(31-21)20(27)24-15-9-6-7-10-16(15)29-3/h6-7,9-10,13H,4-5,8,11-12H2,1-3H3,(H,24,27). The van der Waals surface area contributed by atoms with Gasteiger partial charge in [0.05, 0.1) is 36.0 Å². The molecule has 31 heavy (non-hydrogen) atoms. The van der Waals surface area contributed by atoms with Crippen LogP contribution in [0, 0.1) is 6.92 Å². The number of aryl methyl sites for hydroxylation is 1. The summed E-state index contributed by atoms with van der Waals surface area (Å²) in [6, 6.07) is 7.07. The molecule has 0 saturated heterocycles. The number of thiophene rings is 1. The lowest BCUT2D eigenvalue weighted by molar-refractivity contribution is -0.144. The Kier molecular flexibility index (Phi) is 7.41. The van der Waals surface area contributed by atoms with Crippen molar-refractivity contribution in [2.24, 2.45) is 0 Å². The molecule has 0 aliphatic heterocycles. The van der Waals surface area contributed by atoms with Crippen LogP contribution >= 0.6 is 11.3 Å². The van der Waals surface area contributed by atoms with Crippen LogP contribution in [0.3, 0.4) is 0 Å². The van der Waals surface area contributed by atoms with Crippen molar-refractivity contribution in [2.75, 3.05) is 19.0 Å². The van der Waals surface area contributed by atoms with Gasteiger partial charge in [-0.05, 0) is 31.0 Å². The Morgan fingerprint density at radius 2 is 2.00 bits per heavy atom. The molecule has 3 aromatic rings. The molecule has 1 amide bonds. The Balaban J connectivity index is 1.82. The predicted molar refractivity (Wildman–Crippen MR) is 120 cm³/mol. The molecular weight excluding hydrogens is 418 g/mol. The molecule has 9 heteroatoms. The summed E-state index contributed by atoms with van der Waals surface area (Å²) >= 11 is 1.13. The molecule has 0 aliphatic rings. The van der Waals surface area contributed by atoms with Gasteiger partial charge in [0, 0.05) is 0 Å². The fraction of sp³-hybridized carbons (Fsp3) is 0.364. The van der Waals surface area contributed by atoms with E-state index in [1.807, 2.05) is 0 Å². The second-order valence-corrected chi connectivity index (χ2v) is 8.00. The number of benzene rings is 1. The third kappa shape index (κ3) is 5.11. The van der Waals surface area contributed by atoms with Crippen LogP contribution < -0.4 is 15.6 Å². The Hall–Kier alpha value is -3.20. The summed E-state index contributed by atoms with van der Waals surface area (Å²) in [5, 5.41) is 3.15. The molecule has 0 saturated carbocycles. The number of esters is 1. The first-order chi connectivity index (χ1) is 15.0. The normalized spacial score (nSPS) is 10.8. The van der Waals surface area contributed by atoms with Gasteiger partial charge in [-0.15, -0.1) is 11.3 Å². The van der Waals surface area contributed by atoms with Crippen molar-refractivity contribution in [3.63, 3.8) is 0 Å². The van der Waals surface area contributed by atoms with E-state index < -0.39 is 5.97 Å². The molecular formula is C22H25N3O5S. The number of ether oxygens (including phenoxy) is 2. The molecule has 164 valence electrons. The maximum absolute atomic E-state index is 12.9. The van der Waals surface area contributed by atoms with Crippen molar-refractivity contribution in [1.82, 2.24) is 9.55 Å².